The molecular weight excluding hydrogens is 367 g/mol. The van der Waals surface area contributed by atoms with Gasteiger partial charge in [-0.3, -0.25) is 0 Å². The fourth-order valence-electron chi connectivity index (χ4n) is 4.11. The Hall–Kier alpha value is -0.0600. The summed E-state index contributed by atoms with van der Waals surface area (Å²) < 4.78 is 0. The Bertz CT molecular complexity index is 410. The third kappa shape index (κ3) is 12.9. The van der Waals surface area contributed by atoms with Gasteiger partial charge in [-0.05, 0) is 31.2 Å². The number of halogens is 1. The Morgan fingerprint density at radius 1 is 0.556 bits per heavy atom. The highest BCUT2D eigenvalue weighted by atomic mass is 35.5. The van der Waals surface area contributed by atoms with Gasteiger partial charge in [-0.1, -0.05) is 102 Å². The molecule has 0 amide bonds. The molecule has 1 aromatic carbocycles. The van der Waals surface area contributed by atoms with Crippen LogP contribution in [0.15, 0.2) is 30.3 Å². The summed E-state index contributed by atoms with van der Waals surface area (Å²) in [5.41, 5.74) is 1.60. The summed E-state index contributed by atoms with van der Waals surface area (Å²) in [5, 5.41) is 0. The second kappa shape index (κ2) is 18.0. The van der Waals surface area contributed by atoms with Gasteiger partial charge in [0, 0.05) is 7.26 Å². The van der Waals surface area contributed by atoms with E-state index in [1.807, 2.05) is 0 Å². The van der Waals surface area contributed by atoms with E-state index in [-0.39, 0.29) is 12.4 Å². The van der Waals surface area contributed by atoms with Crippen molar-refractivity contribution in [3.63, 3.8) is 0 Å². The lowest BCUT2D eigenvalue weighted by Gasteiger charge is -2.28. The van der Waals surface area contributed by atoms with Gasteiger partial charge >= 0.3 is 0 Å². The molecule has 0 N–H and O–H groups in total. The number of benzene rings is 1. The van der Waals surface area contributed by atoms with Gasteiger partial charge in [0.1, 0.15) is 0 Å². The van der Waals surface area contributed by atoms with Gasteiger partial charge in [-0.15, -0.1) is 0 Å². The highest BCUT2D eigenvalue weighted by Crippen LogP contribution is 2.63. The molecule has 27 heavy (non-hydrogen) atoms. The molecule has 0 aliphatic carbocycles. The molecule has 0 saturated heterocycles. The van der Waals surface area contributed by atoms with Crippen molar-refractivity contribution < 1.29 is 12.4 Å². The lowest BCUT2D eigenvalue weighted by molar-refractivity contribution is -0.00000584. The standard InChI is InChI=1S/C25H46P.ClH/c1-4-7-10-11-12-13-14-18-23-26(21-8-5-2,22-9-6-3)24-25-19-16-15-17-20-25;/h15-17,19-20H,4-14,18,21-24H2,1-3H3;1H/q+1;/p-1. The first-order valence-corrected chi connectivity index (χ1v) is 14.2. The van der Waals surface area contributed by atoms with E-state index in [4.69, 9.17) is 0 Å². The molecule has 0 atom stereocenters. The third-order valence-corrected chi connectivity index (χ3v) is 10.6. The van der Waals surface area contributed by atoms with E-state index in [1.165, 1.54) is 95.5 Å². The summed E-state index contributed by atoms with van der Waals surface area (Å²) >= 11 is 0. The fraction of sp³-hybridized carbons (Fsp3) is 0.760. The lowest BCUT2D eigenvalue weighted by Crippen LogP contribution is -3.00. The highest BCUT2D eigenvalue weighted by molar-refractivity contribution is 7.75. The molecule has 0 unspecified atom stereocenters. The summed E-state index contributed by atoms with van der Waals surface area (Å²) in [6, 6.07) is 11.4. The average Bonchev–Trinajstić information content (AvgIpc) is 2.67. The zero-order chi connectivity index (χ0) is 18.9. The molecule has 0 fully saturated rings. The molecule has 0 heterocycles. The predicted octanol–water partition coefficient (Wildman–Crippen LogP) is 5.95. The van der Waals surface area contributed by atoms with E-state index >= 15 is 0 Å². The van der Waals surface area contributed by atoms with E-state index in [9.17, 15) is 0 Å². The summed E-state index contributed by atoms with van der Waals surface area (Å²) in [6.45, 7) is 7.04. The molecule has 2 heteroatoms. The molecular formula is C25H46ClP. The Morgan fingerprint density at radius 2 is 1.00 bits per heavy atom. The first-order valence-electron chi connectivity index (χ1n) is 11.7. The molecule has 158 valence electrons. The number of rotatable bonds is 17. The smallest absolute Gasteiger partial charge is 0.0842 e. The molecule has 1 aromatic rings. The molecule has 0 radical (unpaired) electrons. The lowest BCUT2D eigenvalue weighted by atomic mass is 10.1. The summed E-state index contributed by atoms with van der Waals surface area (Å²) in [6.07, 6.45) is 23.3. The molecule has 0 bridgehead atoms. The van der Waals surface area contributed by atoms with E-state index in [1.54, 1.807) is 11.7 Å². The third-order valence-electron chi connectivity index (χ3n) is 5.82. The van der Waals surface area contributed by atoms with Crippen LogP contribution in [0.4, 0.5) is 0 Å². The maximum absolute atomic E-state index is 2.38. The number of unbranched alkanes of at least 4 members (excludes halogenated alkanes) is 9. The quantitative estimate of drug-likeness (QED) is 0.219. The van der Waals surface area contributed by atoms with Crippen LogP contribution in [0.1, 0.15) is 103 Å². The molecule has 0 saturated carbocycles. The van der Waals surface area contributed by atoms with Crippen LogP contribution in [0, 0.1) is 0 Å². The van der Waals surface area contributed by atoms with Crippen LogP contribution in [0.5, 0.6) is 0 Å². The highest BCUT2D eigenvalue weighted by Gasteiger charge is 2.35. The van der Waals surface area contributed by atoms with Gasteiger partial charge in [0.05, 0.1) is 24.6 Å². The monoisotopic (exact) mass is 412 g/mol. The van der Waals surface area contributed by atoms with Crippen molar-refractivity contribution in [2.75, 3.05) is 18.5 Å². The summed E-state index contributed by atoms with van der Waals surface area (Å²) in [4.78, 5) is 0. The Morgan fingerprint density at radius 3 is 1.52 bits per heavy atom. The molecule has 0 aliphatic heterocycles. The van der Waals surface area contributed by atoms with Gasteiger partial charge in [-0.2, -0.15) is 0 Å². The van der Waals surface area contributed by atoms with Gasteiger partial charge in [-0.25, -0.2) is 0 Å². The number of hydrogen-bond acceptors (Lipinski definition) is 0. The van der Waals surface area contributed by atoms with Gasteiger partial charge in [0.2, 0.25) is 0 Å². The van der Waals surface area contributed by atoms with Gasteiger partial charge < -0.3 is 12.4 Å². The van der Waals surface area contributed by atoms with E-state index in [2.05, 4.69) is 51.1 Å². The second-order valence-electron chi connectivity index (χ2n) is 8.34. The van der Waals surface area contributed by atoms with Crippen LogP contribution in [0.25, 0.3) is 0 Å². The zero-order valence-corrected chi connectivity index (χ0v) is 20.2. The molecule has 0 aliphatic rings. The van der Waals surface area contributed by atoms with Crippen LogP contribution in [-0.4, -0.2) is 18.5 Å². The first kappa shape index (κ1) is 26.9. The van der Waals surface area contributed by atoms with Crippen molar-refractivity contribution in [2.45, 2.75) is 104 Å². The van der Waals surface area contributed by atoms with Crippen molar-refractivity contribution in [1.82, 2.24) is 0 Å². The van der Waals surface area contributed by atoms with Crippen LogP contribution >= 0.6 is 7.26 Å². The average molecular weight is 413 g/mol. The summed E-state index contributed by atoms with van der Waals surface area (Å²) in [7, 11) is -0.817. The number of hydrogen-bond donors (Lipinski definition) is 0. The fourth-order valence-corrected chi connectivity index (χ4v) is 9.11. The van der Waals surface area contributed by atoms with Gasteiger partial charge in [0.15, 0.2) is 0 Å². The van der Waals surface area contributed by atoms with E-state index in [0.29, 0.717) is 0 Å². The van der Waals surface area contributed by atoms with Crippen LogP contribution < -0.4 is 12.4 Å². The maximum atomic E-state index is 2.38. The van der Waals surface area contributed by atoms with E-state index in [0.717, 1.165) is 0 Å². The topological polar surface area (TPSA) is 0 Å². The molecule has 0 spiro atoms. The molecule has 1 rings (SSSR count). The van der Waals surface area contributed by atoms with Crippen LogP contribution in [0.2, 0.25) is 0 Å². The summed E-state index contributed by atoms with van der Waals surface area (Å²) in [5.74, 6) is 0. The Kier molecular flexibility index (Phi) is 18.0. The van der Waals surface area contributed by atoms with Crippen LogP contribution in [-0.2, 0) is 6.16 Å². The second-order valence-corrected chi connectivity index (χ2v) is 12.7. The predicted molar refractivity (Wildman–Crippen MR) is 124 cm³/mol. The Labute approximate surface area is 178 Å². The van der Waals surface area contributed by atoms with Crippen molar-refractivity contribution in [2.24, 2.45) is 0 Å². The SMILES string of the molecule is CCCCCCCCCC[P+](CCCC)(CCCC)Cc1ccccc1.[Cl-]. The van der Waals surface area contributed by atoms with E-state index < -0.39 is 7.26 Å². The molecule has 0 nitrogen and oxygen atoms in total. The largest absolute Gasteiger partial charge is 1.00 e. The van der Waals surface area contributed by atoms with Crippen molar-refractivity contribution in [1.29, 1.82) is 0 Å². The zero-order valence-electron chi connectivity index (χ0n) is 18.5. The molecule has 0 aromatic heterocycles. The van der Waals surface area contributed by atoms with Crippen molar-refractivity contribution in [3.8, 4) is 0 Å². The van der Waals surface area contributed by atoms with Crippen molar-refractivity contribution in [3.05, 3.63) is 35.9 Å². The van der Waals surface area contributed by atoms with Gasteiger partial charge in [0.25, 0.3) is 0 Å². The minimum absolute atomic E-state index is 0. The van der Waals surface area contributed by atoms with Crippen LogP contribution in [0.3, 0.4) is 0 Å². The Balaban J connectivity index is 0.00000676. The minimum Gasteiger partial charge on any atom is -1.00 e. The first-order chi connectivity index (χ1) is 12.8. The minimum atomic E-state index is -0.817. The normalized spacial score (nSPS) is 11.4. The van der Waals surface area contributed by atoms with Crippen molar-refractivity contribution >= 4 is 7.26 Å². The maximum Gasteiger partial charge on any atom is 0.0842 e.